The summed E-state index contributed by atoms with van der Waals surface area (Å²) in [7, 11) is -2.99. The number of carbonyl (C=O) groups is 1. The lowest BCUT2D eigenvalue weighted by molar-refractivity contribution is -0.128. The Morgan fingerprint density at radius 1 is 1.33 bits per heavy atom. The van der Waals surface area contributed by atoms with Crippen LogP contribution < -0.4 is 5.32 Å². The molecule has 1 aliphatic carbocycles. The SMILES string of the molecule is Cc1ccc([C@@H]2CN(CCS(C)(=O)=O)C[C@H]2NC(=O)C2CCC2)o1. The maximum atomic E-state index is 12.3. The van der Waals surface area contributed by atoms with Gasteiger partial charge in [-0.05, 0) is 31.9 Å². The molecule has 7 heteroatoms. The van der Waals surface area contributed by atoms with Crippen molar-refractivity contribution in [3.63, 3.8) is 0 Å². The van der Waals surface area contributed by atoms with E-state index in [-0.39, 0.29) is 29.5 Å². The van der Waals surface area contributed by atoms with E-state index in [0.29, 0.717) is 19.6 Å². The predicted molar refractivity (Wildman–Crippen MR) is 91.6 cm³/mol. The predicted octanol–water partition coefficient (Wildman–Crippen LogP) is 1.32. The van der Waals surface area contributed by atoms with Crippen molar-refractivity contribution in [3.05, 3.63) is 23.7 Å². The second kappa shape index (κ2) is 6.88. The zero-order chi connectivity index (χ0) is 17.3. The van der Waals surface area contributed by atoms with Gasteiger partial charge in [0.05, 0.1) is 17.7 Å². The van der Waals surface area contributed by atoms with Crippen LogP contribution in [-0.2, 0) is 14.6 Å². The third kappa shape index (κ3) is 4.19. The van der Waals surface area contributed by atoms with E-state index in [9.17, 15) is 13.2 Å². The molecule has 0 aromatic carbocycles. The molecule has 2 atom stereocenters. The van der Waals surface area contributed by atoms with Crippen LogP contribution >= 0.6 is 0 Å². The van der Waals surface area contributed by atoms with Crippen molar-refractivity contribution in [2.45, 2.75) is 38.1 Å². The first-order valence-corrected chi connectivity index (χ1v) is 10.6. The Balaban J connectivity index is 1.68. The summed E-state index contributed by atoms with van der Waals surface area (Å²) >= 11 is 0. The smallest absolute Gasteiger partial charge is 0.223 e. The fraction of sp³-hybridized carbons (Fsp3) is 0.706. The third-order valence-electron chi connectivity index (χ3n) is 5.10. The zero-order valence-corrected chi connectivity index (χ0v) is 15.1. The largest absolute Gasteiger partial charge is 0.466 e. The summed E-state index contributed by atoms with van der Waals surface area (Å²) in [5.41, 5.74) is 0. The second-order valence-corrected chi connectivity index (χ2v) is 9.45. The van der Waals surface area contributed by atoms with Gasteiger partial charge < -0.3 is 9.73 Å². The summed E-state index contributed by atoms with van der Waals surface area (Å²) in [4.78, 5) is 14.4. The number of carbonyl (C=O) groups excluding carboxylic acids is 1. The molecule has 6 nitrogen and oxygen atoms in total. The molecule has 0 radical (unpaired) electrons. The lowest BCUT2D eigenvalue weighted by atomic mass is 9.84. The first kappa shape index (κ1) is 17.5. The quantitative estimate of drug-likeness (QED) is 0.833. The van der Waals surface area contributed by atoms with Crippen molar-refractivity contribution in [1.29, 1.82) is 0 Å². The van der Waals surface area contributed by atoms with Crippen molar-refractivity contribution in [1.82, 2.24) is 10.2 Å². The molecule has 1 saturated carbocycles. The summed E-state index contributed by atoms with van der Waals surface area (Å²) in [6, 6.07) is 3.87. The van der Waals surface area contributed by atoms with Crippen LogP contribution in [0.5, 0.6) is 0 Å². The molecule has 134 valence electrons. The van der Waals surface area contributed by atoms with Crippen LogP contribution in [0.1, 0.15) is 36.7 Å². The molecule has 1 aromatic heterocycles. The van der Waals surface area contributed by atoms with E-state index in [1.807, 2.05) is 19.1 Å². The van der Waals surface area contributed by atoms with E-state index >= 15 is 0 Å². The molecule has 2 fully saturated rings. The normalized spacial score (nSPS) is 25.6. The number of hydrogen-bond donors (Lipinski definition) is 1. The van der Waals surface area contributed by atoms with Crippen LogP contribution in [0.25, 0.3) is 0 Å². The third-order valence-corrected chi connectivity index (χ3v) is 6.03. The monoisotopic (exact) mass is 354 g/mol. The Bertz CT molecular complexity index is 693. The minimum Gasteiger partial charge on any atom is -0.466 e. The summed E-state index contributed by atoms with van der Waals surface area (Å²) in [5, 5.41) is 3.18. The number of rotatable bonds is 6. The molecule has 1 N–H and O–H groups in total. The molecular weight excluding hydrogens is 328 g/mol. The highest BCUT2D eigenvalue weighted by Crippen LogP contribution is 2.31. The maximum Gasteiger partial charge on any atom is 0.223 e. The summed E-state index contributed by atoms with van der Waals surface area (Å²) in [6.07, 6.45) is 4.33. The Morgan fingerprint density at radius 2 is 2.08 bits per heavy atom. The standard InChI is InChI=1S/C17H26N2O4S/c1-12-6-7-16(23-12)14-10-19(8-9-24(2,21)22)11-15(14)18-17(20)13-4-3-5-13/h6-7,13-15H,3-5,8-11H2,1-2H3,(H,18,20)/t14-,15-/m1/s1. The first-order valence-electron chi connectivity index (χ1n) is 8.58. The van der Waals surface area contributed by atoms with E-state index in [2.05, 4.69) is 10.2 Å². The van der Waals surface area contributed by atoms with Crippen molar-refractivity contribution in [2.24, 2.45) is 5.92 Å². The number of nitrogens with zero attached hydrogens (tertiary/aromatic N) is 1. The van der Waals surface area contributed by atoms with Crippen molar-refractivity contribution < 1.29 is 17.6 Å². The molecule has 1 saturated heterocycles. The van der Waals surface area contributed by atoms with Gasteiger partial charge in [0.1, 0.15) is 21.4 Å². The number of sulfone groups is 1. The minimum atomic E-state index is -2.99. The van der Waals surface area contributed by atoms with E-state index < -0.39 is 9.84 Å². The van der Waals surface area contributed by atoms with Gasteiger partial charge in [-0.15, -0.1) is 0 Å². The van der Waals surface area contributed by atoms with E-state index in [4.69, 9.17) is 4.42 Å². The van der Waals surface area contributed by atoms with Gasteiger partial charge in [-0.25, -0.2) is 8.42 Å². The van der Waals surface area contributed by atoms with Gasteiger partial charge in [0.25, 0.3) is 0 Å². The number of likely N-dealkylation sites (tertiary alicyclic amines) is 1. The van der Waals surface area contributed by atoms with Crippen LogP contribution in [0.15, 0.2) is 16.5 Å². The molecule has 3 rings (SSSR count). The minimum absolute atomic E-state index is 0.0248. The molecule has 0 bridgehead atoms. The lowest BCUT2D eigenvalue weighted by Crippen LogP contribution is -2.44. The molecule has 0 unspecified atom stereocenters. The van der Waals surface area contributed by atoms with Gasteiger partial charge >= 0.3 is 0 Å². The fourth-order valence-corrected chi connectivity index (χ4v) is 4.01. The van der Waals surface area contributed by atoms with Crippen LogP contribution in [-0.4, -0.2) is 56.9 Å². The molecule has 1 amide bonds. The number of hydrogen-bond acceptors (Lipinski definition) is 5. The Morgan fingerprint density at radius 3 is 2.62 bits per heavy atom. The molecule has 1 aromatic rings. The average molecular weight is 354 g/mol. The number of amides is 1. The van der Waals surface area contributed by atoms with Crippen LogP contribution in [0.3, 0.4) is 0 Å². The highest BCUT2D eigenvalue weighted by Gasteiger charge is 2.38. The maximum absolute atomic E-state index is 12.3. The van der Waals surface area contributed by atoms with Crippen LogP contribution in [0.4, 0.5) is 0 Å². The molecule has 1 aliphatic heterocycles. The summed E-state index contributed by atoms with van der Waals surface area (Å²) in [6.45, 7) is 3.77. The van der Waals surface area contributed by atoms with Crippen LogP contribution in [0.2, 0.25) is 0 Å². The van der Waals surface area contributed by atoms with Gasteiger partial charge in [-0.3, -0.25) is 9.69 Å². The van der Waals surface area contributed by atoms with Crippen molar-refractivity contribution in [3.8, 4) is 0 Å². The number of furan rings is 1. The Labute approximate surface area is 143 Å². The fourth-order valence-electron chi connectivity index (χ4n) is 3.42. The van der Waals surface area contributed by atoms with Gasteiger partial charge in [-0.1, -0.05) is 6.42 Å². The second-order valence-electron chi connectivity index (χ2n) is 7.19. The van der Waals surface area contributed by atoms with Gasteiger partial charge in [0.2, 0.25) is 5.91 Å². The molecule has 24 heavy (non-hydrogen) atoms. The highest BCUT2D eigenvalue weighted by atomic mass is 32.2. The first-order chi connectivity index (χ1) is 11.3. The Hall–Kier alpha value is -1.34. The Kier molecular flexibility index (Phi) is 5.01. The lowest BCUT2D eigenvalue weighted by Gasteiger charge is -2.27. The summed E-state index contributed by atoms with van der Waals surface area (Å²) < 4.78 is 28.6. The topological polar surface area (TPSA) is 79.6 Å². The van der Waals surface area contributed by atoms with Crippen molar-refractivity contribution in [2.75, 3.05) is 31.6 Å². The van der Waals surface area contributed by atoms with E-state index in [1.54, 1.807) is 0 Å². The van der Waals surface area contributed by atoms with Crippen LogP contribution in [0, 0.1) is 12.8 Å². The molecular formula is C17H26N2O4S. The van der Waals surface area contributed by atoms with E-state index in [0.717, 1.165) is 30.8 Å². The average Bonchev–Trinajstić information content (AvgIpc) is 3.00. The molecule has 2 heterocycles. The number of aryl methyl sites for hydroxylation is 1. The van der Waals surface area contributed by atoms with Gasteiger partial charge in [-0.2, -0.15) is 0 Å². The van der Waals surface area contributed by atoms with Crippen molar-refractivity contribution >= 4 is 15.7 Å². The zero-order valence-electron chi connectivity index (χ0n) is 14.3. The van der Waals surface area contributed by atoms with E-state index in [1.165, 1.54) is 6.26 Å². The number of nitrogens with one attached hydrogen (secondary N) is 1. The summed E-state index contributed by atoms with van der Waals surface area (Å²) in [5.74, 6) is 2.21. The molecule has 2 aliphatic rings. The highest BCUT2D eigenvalue weighted by molar-refractivity contribution is 7.90. The van der Waals surface area contributed by atoms with Gasteiger partial charge in [0, 0.05) is 31.8 Å². The molecule has 0 spiro atoms. The van der Waals surface area contributed by atoms with Gasteiger partial charge in [0.15, 0.2) is 0 Å².